The fourth-order valence-corrected chi connectivity index (χ4v) is 2.02. The zero-order valence-corrected chi connectivity index (χ0v) is 15.6. The topological polar surface area (TPSA) is 33.6 Å². The average molecular weight is 391 g/mol. The Balaban J connectivity index is 0.000000267. The van der Waals surface area contributed by atoms with Crippen LogP contribution in [-0.2, 0) is 32.7 Å². The van der Waals surface area contributed by atoms with Crippen LogP contribution < -0.4 is 0 Å². The number of benzene rings is 2. The van der Waals surface area contributed by atoms with Crippen molar-refractivity contribution >= 4 is 23.8 Å². The van der Waals surface area contributed by atoms with Crippen LogP contribution in [0.2, 0.25) is 5.02 Å². The molecule has 1 heterocycles. The molecule has 1 N–H and O–H groups in total. The SMILES string of the molecule is [CH2-]c1n[nH]c(=S)n1-c1ccccc1Cl.[Y].[c-]1ccccc1. The molecule has 0 spiro atoms. The monoisotopic (exact) mass is 390 g/mol. The smallest absolute Gasteiger partial charge is 0.197 e. The van der Waals surface area contributed by atoms with Crippen LogP contribution in [0.4, 0.5) is 0 Å². The van der Waals surface area contributed by atoms with Crippen molar-refractivity contribution < 1.29 is 32.7 Å². The zero-order valence-electron chi connectivity index (χ0n) is 11.2. The second kappa shape index (κ2) is 9.16. The van der Waals surface area contributed by atoms with Crippen molar-refractivity contribution in [3.05, 3.63) is 83.2 Å². The van der Waals surface area contributed by atoms with Crippen LogP contribution in [0.15, 0.2) is 54.6 Å². The molecule has 0 amide bonds. The van der Waals surface area contributed by atoms with E-state index >= 15 is 0 Å². The van der Waals surface area contributed by atoms with E-state index in [0.29, 0.717) is 15.6 Å². The third-order valence-corrected chi connectivity index (χ3v) is 3.04. The summed E-state index contributed by atoms with van der Waals surface area (Å²) >= 11 is 11.1. The minimum Gasteiger partial charge on any atom is -0.338 e. The van der Waals surface area contributed by atoms with E-state index in [1.165, 1.54) is 0 Å². The molecule has 6 heteroatoms. The van der Waals surface area contributed by atoms with Gasteiger partial charge >= 0.3 is 0 Å². The number of nitrogens with zero attached hydrogens (tertiary/aromatic N) is 2. The number of rotatable bonds is 1. The van der Waals surface area contributed by atoms with Gasteiger partial charge in [0.1, 0.15) is 0 Å². The summed E-state index contributed by atoms with van der Waals surface area (Å²) in [6.07, 6.45) is 0. The number of halogens is 1. The molecule has 21 heavy (non-hydrogen) atoms. The van der Waals surface area contributed by atoms with E-state index in [0.717, 1.165) is 5.69 Å². The molecular weight excluding hydrogens is 379 g/mol. The van der Waals surface area contributed by atoms with Crippen molar-refractivity contribution in [3.8, 4) is 5.69 Å². The van der Waals surface area contributed by atoms with Crippen LogP contribution in [0.1, 0.15) is 5.82 Å². The summed E-state index contributed by atoms with van der Waals surface area (Å²) in [7, 11) is 0. The summed E-state index contributed by atoms with van der Waals surface area (Å²) in [6, 6.07) is 19.9. The van der Waals surface area contributed by atoms with E-state index in [1.807, 2.05) is 48.5 Å². The van der Waals surface area contributed by atoms with Gasteiger partial charge in [-0.1, -0.05) is 23.7 Å². The third-order valence-electron chi connectivity index (χ3n) is 2.44. The van der Waals surface area contributed by atoms with Gasteiger partial charge in [-0.15, -0.1) is 0 Å². The van der Waals surface area contributed by atoms with Gasteiger partial charge in [0.25, 0.3) is 0 Å². The molecule has 105 valence electrons. The molecule has 1 radical (unpaired) electrons. The largest absolute Gasteiger partial charge is 0.338 e. The molecule has 0 bridgehead atoms. The Kier molecular flexibility index (Phi) is 7.90. The molecule has 1 aromatic heterocycles. The van der Waals surface area contributed by atoms with Crippen molar-refractivity contribution in [1.82, 2.24) is 14.8 Å². The second-order valence-electron chi connectivity index (χ2n) is 3.81. The molecule has 2 aromatic carbocycles. The van der Waals surface area contributed by atoms with Crippen molar-refractivity contribution in [1.29, 1.82) is 0 Å². The fraction of sp³-hybridized carbons (Fsp3) is 0. The molecule has 0 aliphatic rings. The van der Waals surface area contributed by atoms with Crippen LogP contribution in [-0.4, -0.2) is 14.8 Å². The van der Waals surface area contributed by atoms with Gasteiger partial charge in [-0.3, -0.25) is 9.67 Å². The van der Waals surface area contributed by atoms with Crippen LogP contribution in [0.3, 0.4) is 0 Å². The predicted molar refractivity (Wildman–Crippen MR) is 83.5 cm³/mol. The van der Waals surface area contributed by atoms with Gasteiger partial charge in [0.2, 0.25) is 0 Å². The van der Waals surface area contributed by atoms with Gasteiger partial charge < -0.3 is 6.92 Å². The van der Waals surface area contributed by atoms with Gasteiger partial charge in [0.05, 0.1) is 10.7 Å². The summed E-state index contributed by atoms with van der Waals surface area (Å²) in [6.45, 7) is 3.75. The summed E-state index contributed by atoms with van der Waals surface area (Å²) < 4.78 is 2.18. The fourth-order valence-electron chi connectivity index (χ4n) is 1.55. The molecule has 3 rings (SSSR count). The number of aromatic amines is 1. The minimum atomic E-state index is 0. The van der Waals surface area contributed by atoms with E-state index < -0.39 is 0 Å². The Hall–Kier alpha value is -0.936. The van der Waals surface area contributed by atoms with Gasteiger partial charge in [-0.05, 0) is 30.2 Å². The Morgan fingerprint density at radius 3 is 2.24 bits per heavy atom. The predicted octanol–water partition coefficient (Wildman–Crippen LogP) is 4.25. The summed E-state index contributed by atoms with van der Waals surface area (Å²) in [4.78, 5) is 0. The molecule has 0 unspecified atom stereocenters. The standard InChI is InChI=1S/C9H7ClN3S.C6H5.Y/c1-6-11-12-9(14)13(6)8-5-3-2-4-7(8)10;1-2-4-6-5-3-1;/h2-5H,1H2,(H,12,14);1-5H;/q2*-1;. The molecule has 0 saturated carbocycles. The normalized spacial score (nSPS) is 9.19. The van der Waals surface area contributed by atoms with Gasteiger partial charge in [-0.2, -0.15) is 41.5 Å². The number of hydrogen-bond acceptors (Lipinski definition) is 2. The first kappa shape index (κ1) is 18.1. The quantitative estimate of drug-likeness (QED) is 0.498. The van der Waals surface area contributed by atoms with Gasteiger partial charge in [-0.25, -0.2) is 0 Å². The first-order valence-electron chi connectivity index (χ1n) is 5.85. The van der Waals surface area contributed by atoms with Crippen molar-refractivity contribution in [2.24, 2.45) is 0 Å². The molecular formula is C15H12ClN3SY-2. The molecule has 0 aliphatic carbocycles. The Morgan fingerprint density at radius 1 is 1.14 bits per heavy atom. The van der Waals surface area contributed by atoms with Gasteiger partial charge in [0, 0.05) is 32.7 Å². The summed E-state index contributed by atoms with van der Waals surface area (Å²) in [5.41, 5.74) is 0.790. The maximum Gasteiger partial charge on any atom is 0.197 e. The van der Waals surface area contributed by atoms with E-state index in [1.54, 1.807) is 10.6 Å². The molecule has 0 saturated heterocycles. The Bertz CT molecular complexity index is 698. The van der Waals surface area contributed by atoms with Gasteiger partial charge in [0.15, 0.2) is 4.77 Å². The second-order valence-corrected chi connectivity index (χ2v) is 4.60. The summed E-state index contributed by atoms with van der Waals surface area (Å²) in [5.74, 6) is 0.545. The molecule has 0 fully saturated rings. The van der Waals surface area contributed by atoms with E-state index in [4.69, 9.17) is 23.8 Å². The Morgan fingerprint density at radius 2 is 1.81 bits per heavy atom. The molecule has 0 aliphatic heterocycles. The van der Waals surface area contributed by atoms with E-state index in [9.17, 15) is 0 Å². The van der Waals surface area contributed by atoms with Crippen LogP contribution in [0.25, 0.3) is 5.69 Å². The maximum absolute atomic E-state index is 6.02. The van der Waals surface area contributed by atoms with E-state index in [2.05, 4.69) is 23.2 Å². The molecule has 3 aromatic rings. The number of H-pyrrole nitrogens is 1. The minimum absolute atomic E-state index is 0. The van der Waals surface area contributed by atoms with Crippen LogP contribution >= 0.6 is 23.8 Å². The first-order chi connectivity index (χ1) is 9.70. The van der Waals surface area contributed by atoms with Crippen LogP contribution in [0.5, 0.6) is 0 Å². The number of aromatic nitrogens is 3. The zero-order chi connectivity index (χ0) is 14.4. The maximum atomic E-state index is 6.02. The van der Waals surface area contributed by atoms with Crippen LogP contribution in [0, 0.1) is 17.8 Å². The number of hydrogen-bond donors (Lipinski definition) is 1. The third kappa shape index (κ3) is 5.08. The van der Waals surface area contributed by atoms with E-state index in [-0.39, 0.29) is 32.7 Å². The number of para-hydroxylation sites is 1. The summed E-state index contributed by atoms with van der Waals surface area (Å²) in [5, 5.41) is 7.19. The molecule has 0 atom stereocenters. The number of nitrogens with one attached hydrogen (secondary N) is 1. The first-order valence-corrected chi connectivity index (χ1v) is 6.64. The van der Waals surface area contributed by atoms with Crippen molar-refractivity contribution in [2.45, 2.75) is 0 Å². The average Bonchev–Trinajstić information content (AvgIpc) is 2.82. The van der Waals surface area contributed by atoms with Crippen molar-refractivity contribution in [2.75, 3.05) is 0 Å². The molecule has 3 nitrogen and oxygen atoms in total. The Labute approximate surface area is 159 Å². The van der Waals surface area contributed by atoms with Crippen molar-refractivity contribution in [3.63, 3.8) is 0 Å².